The molecule has 0 aliphatic heterocycles. The van der Waals surface area contributed by atoms with Crippen molar-refractivity contribution in [3.8, 4) is 0 Å². The summed E-state index contributed by atoms with van der Waals surface area (Å²) in [6.07, 6.45) is 0.968. The molecule has 0 atom stereocenters. The third-order valence-electron chi connectivity index (χ3n) is 2.66. The van der Waals surface area contributed by atoms with Gasteiger partial charge >= 0.3 is 0 Å². The third-order valence-corrected chi connectivity index (χ3v) is 2.66. The molecule has 0 bridgehead atoms. The fourth-order valence-corrected chi connectivity index (χ4v) is 1.98. The van der Waals surface area contributed by atoms with Gasteiger partial charge in [-0.2, -0.15) is 0 Å². The van der Waals surface area contributed by atoms with Gasteiger partial charge in [0, 0.05) is 18.7 Å². The van der Waals surface area contributed by atoms with Crippen LogP contribution in [-0.4, -0.2) is 16.4 Å². The molecular formula is C12H17N3. The molecule has 2 aromatic heterocycles. The molecular weight excluding hydrogens is 186 g/mol. The monoisotopic (exact) mass is 203 g/mol. The quantitative estimate of drug-likeness (QED) is 0.826. The van der Waals surface area contributed by atoms with E-state index in [-0.39, 0.29) is 0 Å². The molecule has 80 valence electrons. The van der Waals surface area contributed by atoms with Gasteiger partial charge in [-0.25, -0.2) is 4.98 Å². The lowest BCUT2D eigenvalue weighted by Gasteiger charge is -2.02. The molecule has 3 heteroatoms. The van der Waals surface area contributed by atoms with Crippen LogP contribution in [0.4, 0.5) is 0 Å². The maximum Gasteiger partial charge on any atom is 0.113 e. The minimum Gasteiger partial charge on any atom is -0.314 e. The summed E-state index contributed by atoms with van der Waals surface area (Å²) >= 11 is 0. The highest BCUT2D eigenvalue weighted by Crippen LogP contribution is 2.16. The number of aryl methyl sites for hydroxylation is 2. The van der Waals surface area contributed by atoms with Crippen LogP contribution in [0.1, 0.15) is 24.1 Å². The molecule has 0 spiro atoms. The van der Waals surface area contributed by atoms with E-state index in [4.69, 9.17) is 0 Å². The van der Waals surface area contributed by atoms with Crippen molar-refractivity contribution < 1.29 is 0 Å². The number of aromatic nitrogens is 2. The molecule has 0 aliphatic rings. The minimum atomic E-state index is 0.826. The van der Waals surface area contributed by atoms with Crippen LogP contribution in [0.2, 0.25) is 0 Å². The van der Waals surface area contributed by atoms with Gasteiger partial charge in [0.25, 0.3) is 0 Å². The molecule has 2 rings (SSSR count). The average Bonchev–Trinajstić information content (AvgIpc) is 2.59. The summed E-state index contributed by atoms with van der Waals surface area (Å²) in [5, 5.41) is 3.16. The van der Waals surface area contributed by atoms with Gasteiger partial charge in [-0.15, -0.1) is 0 Å². The molecule has 3 nitrogen and oxygen atoms in total. The zero-order valence-corrected chi connectivity index (χ0v) is 9.54. The predicted molar refractivity (Wildman–Crippen MR) is 62.1 cm³/mol. The Kier molecular flexibility index (Phi) is 2.73. The summed E-state index contributed by atoms with van der Waals surface area (Å²) in [6, 6.07) is 6.34. The highest BCUT2D eigenvalue weighted by molar-refractivity contribution is 5.54. The first-order valence-electron chi connectivity index (χ1n) is 5.38. The lowest BCUT2D eigenvalue weighted by molar-refractivity contribution is 0.795. The molecule has 0 unspecified atom stereocenters. The Morgan fingerprint density at radius 2 is 2.20 bits per heavy atom. The lowest BCUT2D eigenvalue weighted by Crippen LogP contribution is -2.05. The molecule has 2 heterocycles. The predicted octanol–water partition coefficient (Wildman–Crippen LogP) is 1.92. The fraction of sp³-hybridized carbons (Fsp3) is 0.417. The Morgan fingerprint density at radius 3 is 2.87 bits per heavy atom. The molecule has 1 N–H and O–H groups in total. The van der Waals surface area contributed by atoms with E-state index < -0.39 is 0 Å². The van der Waals surface area contributed by atoms with Gasteiger partial charge in [0.05, 0.1) is 11.2 Å². The van der Waals surface area contributed by atoms with Crippen LogP contribution >= 0.6 is 0 Å². The van der Waals surface area contributed by atoms with Gasteiger partial charge < -0.3 is 9.72 Å². The van der Waals surface area contributed by atoms with Crippen LogP contribution in [0.3, 0.4) is 0 Å². The number of rotatable bonds is 3. The third kappa shape index (κ3) is 1.63. The molecule has 0 fully saturated rings. The van der Waals surface area contributed by atoms with E-state index >= 15 is 0 Å². The Bertz CT molecular complexity index is 471. The normalized spacial score (nSPS) is 11.1. The van der Waals surface area contributed by atoms with Gasteiger partial charge in [-0.1, -0.05) is 13.0 Å². The summed E-state index contributed by atoms with van der Waals surface area (Å²) < 4.78 is 2.24. The van der Waals surface area contributed by atoms with Gasteiger partial charge in [0.2, 0.25) is 0 Å². The number of imidazole rings is 1. The Balaban J connectivity index is 2.69. The molecule has 0 amide bonds. The first kappa shape index (κ1) is 10.2. The van der Waals surface area contributed by atoms with E-state index in [1.807, 2.05) is 7.05 Å². The van der Waals surface area contributed by atoms with Crippen molar-refractivity contribution in [1.82, 2.24) is 14.7 Å². The zero-order valence-electron chi connectivity index (χ0n) is 9.54. The average molecular weight is 203 g/mol. The number of hydrogen-bond donors (Lipinski definition) is 1. The largest absolute Gasteiger partial charge is 0.314 e. The van der Waals surface area contributed by atoms with E-state index in [2.05, 4.69) is 46.7 Å². The van der Waals surface area contributed by atoms with Crippen LogP contribution in [-0.2, 0) is 13.0 Å². The molecule has 0 saturated carbocycles. The minimum absolute atomic E-state index is 0.826. The maximum absolute atomic E-state index is 4.66. The van der Waals surface area contributed by atoms with Crippen molar-refractivity contribution in [1.29, 1.82) is 0 Å². The van der Waals surface area contributed by atoms with Crippen molar-refractivity contribution >= 4 is 5.52 Å². The second-order valence-corrected chi connectivity index (χ2v) is 3.75. The molecule has 0 saturated heterocycles. The van der Waals surface area contributed by atoms with E-state index in [9.17, 15) is 0 Å². The standard InChI is InChI=1S/C12H17N3/c1-4-12-14-10(8-13-3)11-7-5-6-9(2)15(11)12/h5-7,13H,4,8H2,1-3H3. The molecule has 2 aromatic rings. The Labute approximate surface area is 90.1 Å². The van der Waals surface area contributed by atoms with E-state index in [1.165, 1.54) is 11.2 Å². The van der Waals surface area contributed by atoms with E-state index in [0.717, 1.165) is 24.5 Å². The number of nitrogens with one attached hydrogen (secondary N) is 1. The molecule has 0 aromatic carbocycles. The number of pyridine rings is 1. The van der Waals surface area contributed by atoms with Gasteiger partial charge in [-0.05, 0) is 26.1 Å². The summed E-state index contributed by atoms with van der Waals surface area (Å²) in [5.74, 6) is 1.15. The molecule has 15 heavy (non-hydrogen) atoms. The van der Waals surface area contributed by atoms with Crippen molar-refractivity contribution in [3.63, 3.8) is 0 Å². The summed E-state index contributed by atoms with van der Waals surface area (Å²) in [4.78, 5) is 4.66. The highest BCUT2D eigenvalue weighted by atomic mass is 15.0. The van der Waals surface area contributed by atoms with E-state index in [0.29, 0.717) is 0 Å². The summed E-state index contributed by atoms with van der Waals surface area (Å²) in [6.45, 7) is 5.09. The number of fused-ring (bicyclic) bond motifs is 1. The number of nitrogens with zero attached hydrogens (tertiary/aromatic N) is 2. The Morgan fingerprint density at radius 1 is 1.40 bits per heavy atom. The van der Waals surface area contributed by atoms with Crippen LogP contribution < -0.4 is 5.32 Å². The maximum atomic E-state index is 4.66. The Hall–Kier alpha value is -1.35. The van der Waals surface area contributed by atoms with Crippen LogP contribution in [0.15, 0.2) is 18.2 Å². The molecule has 0 aliphatic carbocycles. The smallest absolute Gasteiger partial charge is 0.113 e. The van der Waals surface area contributed by atoms with Gasteiger partial charge in [0.1, 0.15) is 5.82 Å². The first-order chi connectivity index (χ1) is 7.27. The van der Waals surface area contributed by atoms with Crippen molar-refractivity contribution in [2.45, 2.75) is 26.8 Å². The topological polar surface area (TPSA) is 29.3 Å². The fourth-order valence-electron chi connectivity index (χ4n) is 1.98. The van der Waals surface area contributed by atoms with Crippen LogP contribution in [0.5, 0.6) is 0 Å². The van der Waals surface area contributed by atoms with Crippen molar-refractivity contribution in [2.75, 3.05) is 7.05 Å². The van der Waals surface area contributed by atoms with Crippen LogP contribution in [0, 0.1) is 6.92 Å². The van der Waals surface area contributed by atoms with Crippen molar-refractivity contribution in [3.05, 3.63) is 35.4 Å². The lowest BCUT2D eigenvalue weighted by atomic mass is 10.3. The molecule has 0 radical (unpaired) electrons. The van der Waals surface area contributed by atoms with Gasteiger partial charge in [-0.3, -0.25) is 0 Å². The second kappa shape index (κ2) is 4.03. The van der Waals surface area contributed by atoms with E-state index in [1.54, 1.807) is 0 Å². The SMILES string of the molecule is CCc1nc(CNC)c2cccc(C)n12. The number of hydrogen-bond acceptors (Lipinski definition) is 2. The summed E-state index contributed by atoms with van der Waals surface area (Å²) in [7, 11) is 1.95. The first-order valence-corrected chi connectivity index (χ1v) is 5.38. The zero-order chi connectivity index (χ0) is 10.8. The summed E-state index contributed by atoms with van der Waals surface area (Å²) in [5.41, 5.74) is 3.61. The van der Waals surface area contributed by atoms with Crippen molar-refractivity contribution in [2.24, 2.45) is 0 Å². The van der Waals surface area contributed by atoms with Gasteiger partial charge in [0.15, 0.2) is 0 Å². The second-order valence-electron chi connectivity index (χ2n) is 3.75. The highest BCUT2D eigenvalue weighted by Gasteiger charge is 2.09. The van der Waals surface area contributed by atoms with Crippen LogP contribution in [0.25, 0.3) is 5.52 Å².